The van der Waals surface area contributed by atoms with Gasteiger partial charge in [0.15, 0.2) is 0 Å². The molecule has 5 heteroatoms. The van der Waals surface area contributed by atoms with E-state index in [0.717, 1.165) is 31.7 Å². The van der Waals surface area contributed by atoms with Gasteiger partial charge in [-0.15, -0.1) is 0 Å². The lowest BCUT2D eigenvalue weighted by molar-refractivity contribution is 0.170. The predicted molar refractivity (Wildman–Crippen MR) is 87.2 cm³/mol. The summed E-state index contributed by atoms with van der Waals surface area (Å²) < 4.78 is 6.02. The molecule has 1 aromatic heterocycles. The first-order valence-electron chi connectivity index (χ1n) is 7.80. The van der Waals surface area contributed by atoms with E-state index in [1.54, 1.807) is 12.4 Å². The lowest BCUT2D eigenvalue weighted by Gasteiger charge is -2.26. The maximum absolute atomic E-state index is 6.02. The molecule has 2 atom stereocenters. The number of nitrogens with one attached hydrogen (secondary N) is 2. The SMILES string of the molecule is CC(CNCC1CCc2ccccc2O1)Nc1ncccn1. The number of fused-ring (bicyclic) bond motifs is 1. The van der Waals surface area contributed by atoms with Gasteiger partial charge in [0.1, 0.15) is 11.9 Å². The van der Waals surface area contributed by atoms with Crippen molar-refractivity contribution >= 4 is 5.95 Å². The van der Waals surface area contributed by atoms with Crippen molar-refractivity contribution in [2.75, 3.05) is 18.4 Å². The van der Waals surface area contributed by atoms with Crippen molar-refractivity contribution in [3.05, 3.63) is 48.3 Å². The van der Waals surface area contributed by atoms with Crippen LogP contribution in [0.5, 0.6) is 5.75 Å². The smallest absolute Gasteiger partial charge is 0.222 e. The van der Waals surface area contributed by atoms with Crippen LogP contribution in [0, 0.1) is 0 Å². The number of aryl methyl sites for hydroxylation is 1. The number of rotatable bonds is 6. The Kier molecular flexibility index (Phi) is 4.85. The van der Waals surface area contributed by atoms with Crippen LogP contribution in [-0.4, -0.2) is 35.2 Å². The average molecular weight is 298 g/mol. The van der Waals surface area contributed by atoms with Crippen LogP contribution in [0.2, 0.25) is 0 Å². The topological polar surface area (TPSA) is 59.1 Å². The van der Waals surface area contributed by atoms with E-state index in [2.05, 4.69) is 45.7 Å². The monoisotopic (exact) mass is 298 g/mol. The third-order valence-electron chi connectivity index (χ3n) is 3.77. The number of aromatic nitrogens is 2. The first-order chi connectivity index (χ1) is 10.8. The van der Waals surface area contributed by atoms with Crippen LogP contribution in [0.25, 0.3) is 0 Å². The third-order valence-corrected chi connectivity index (χ3v) is 3.77. The van der Waals surface area contributed by atoms with E-state index in [9.17, 15) is 0 Å². The highest BCUT2D eigenvalue weighted by Crippen LogP contribution is 2.26. The Morgan fingerprint density at radius 1 is 1.23 bits per heavy atom. The fourth-order valence-corrected chi connectivity index (χ4v) is 2.63. The van der Waals surface area contributed by atoms with Crippen LogP contribution in [-0.2, 0) is 6.42 Å². The van der Waals surface area contributed by atoms with E-state index in [0.29, 0.717) is 5.95 Å². The highest BCUT2D eigenvalue weighted by molar-refractivity contribution is 5.35. The van der Waals surface area contributed by atoms with Gasteiger partial charge in [-0.3, -0.25) is 0 Å². The van der Waals surface area contributed by atoms with Gasteiger partial charge in [-0.05, 0) is 37.5 Å². The number of hydrogen-bond acceptors (Lipinski definition) is 5. The highest BCUT2D eigenvalue weighted by Gasteiger charge is 2.18. The van der Waals surface area contributed by atoms with E-state index in [-0.39, 0.29) is 12.1 Å². The zero-order valence-electron chi connectivity index (χ0n) is 12.8. The molecule has 1 aromatic carbocycles. The molecule has 22 heavy (non-hydrogen) atoms. The first kappa shape index (κ1) is 14.8. The number of para-hydroxylation sites is 1. The lowest BCUT2D eigenvalue weighted by Crippen LogP contribution is -2.39. The molecule has 0 spiro atoms. The van der Waals surface area contributed by atoms with Gasteiger partial charge in [0.05, 0.1) is 0 Å². The van der Waals surface area contributed by atoms with Crippen molar-refractivity contribution in [1.29, 1.82) is 0 Å². The second-order valence-electron chi connectivity index (χ2n) is 5.66. The Labute approximate surface area is 131 Å². The van der Waals surface area contributed by atoms with E-state index < -0.39 is 0 Å². The normalized spacial score (nSPS) is 18.1. The molecular weight excluding hydrogens is 276 g/mol. The molecule has 2 N–H and O–H groups in total. The van der Waals surface area contributed by atoms with E-state index >= 15 is 0 Å². The molecule has 1 aliphatic rings. The van der Waals surface area contributed by atoms with Crippen molar-refractivity contribution in [2.24, 2.45) is 0 Å². The van der Waals surface area contributed by atoms with Gasteiger partial charge in [-0.25, -0.2) is 9.97 Å². The molecule has 0 saturated carbocycles. The Hall–Kier alpha value is -2.14. The molecule has 0 fully saturated rings. The Morgan fingerprint density at radius 2 is 2.05 bits per heavy atom. The Morgan fingerprint density at radius 3 is 2.91 bits per heavy atom. The summed E-state index contributed by atoms with van der Waals surface area (Å²) >= 11 is 0. The average Bonchev–Trinajstić information content (AvgIpc) is 2.55. The van der Waals surface area contributed by atoms with Crippen molar-refractivity contribution in [3.63, 3.8) is 0 Å². The van der Waals surface area contributed by atoms with Crippen LogP contribution in [0.3, 0.4) is 0 Å². The Bertz CT molecular complexity index is 590. The molecule has 116 valence electrons. The maximum atomic E-state index is 6.02. The summed E-state index contributed by atoms with van der Waals surface area (Å²) in [6.07, 6.45) is 5.88. The predicted octanol–water partition coefficient (Wildman–Crippen LogP) is 2.26. The van der Waals surface area contributed by atoms with Crippen LogP contribution in [0.4, 0.5) is 5.95 Å². The van der Waals surface area contributed by atoms with Gasteiger partial charge in [0.2, 0.25) is 5.95 Å². The molecule has 0 bridgehead atoms. The highest BCUT2D eigenvalue weighted by atomic mass is 16.5. The number of nitrogens with zero attached hydrogens (tertiary/aromatic N) is 2. The fraction of sp³-hybridized carbons (Fsp3) is 0.412. The number of anilines is 1. The molecule has 2 unspecified atom stereocenters. The third kappa shape index (κ3) is 3.95. The molecule has 0 aliphatic carbocycles. The first-order valence-corrected chi connectivity index (χ1v) is 7.80. The van der Waals surface area contributed by atoms with Crippen molar-refractivity contribution in [2.45, 2.75) is 31.9 Å². The van der Waals surface area contributed by atoms with Crippen LogP contribution in [0.15, 0.2) is 42.7 Å². The Balaban J connectivity index is 1.40. The van der Waals surface area contributed by atoms with Crippen LogP contribution >= 0.6 is 0 Å². The summed E-state index contributed by atoms with van der Waals surface area (Å²) in [6, 6.07) is 10.4. The van der Waals surface area contributed by atoms with Crippen molar-refractivity contribution in [1.82, 2.24) is 15.3 Å². The molecule has 1 aliphatic heterocycles. The second kappa shape index (κ2) is 7.22. The molecule has 0 amide bonds. The van der Waals surface area contributed by atoms with Crippen molar-refractivity contribution in [3.8, 4) is 5.75 Å². The second-order valence-corrected chi connectivity index (χ2v) is 5.66. The van der Waals surface area contributed by atoms with E-state index in [4.69, 9.17) is 4.74 Å². The molecule has 2 aromatic rings. The maximum Gasteiger partial charge on any atom is 0.222 e. The number of ether oxygens (including phenoxy) is 1. The van der Waals surface area contributed by atoms with Gasteiger partial charge in [-0.2, -0.15) is 0 Å². The van der Waals surface area contributed by atoms with E-state index in [1.165, 1.54) is 5.56 Å². The summed E-state index contributed by atoms with van der Waals surface area (Å²) in [5.74, 6) is 1.70. The molecule has 5 nitrogen and oxygen atoms in total. The van der Waals surface area contributed by atoms with Crippen molar-refractivity contribution < 1.29 is 4.74 Å². The van der Waals surface area contributed by atoms with Gasteiger partial charge >= 0.3 is 0 Å². The number of hydrogen-bond donors (Lipinski definition) is 2. The summed E-state index contributed by atoms with van der Waals surface area (Å²) in [5, 5.41) is 6.73. The summed E-state index contributed by atoms with van der Waals surface area (Å²) in [6.45, 7) is 3.82. The number of benzene rings is 1. The lowest BCUT2D eigenvalue weighted by atomic mass is 10.0. The fourth-order valence-electron chi connectivity index (χ4n) is 2.63. The van der Waals surface area contributed by atoms with Gasteiger partial charge in [0, 0.05) is 31.5 Å². The van der Waals surface area contributed by atoms with Crippen LogP contribution in [0.1, 0.15) is 18.9 Å². The molecule has 2 heterocycles. The van der Waals surface area contributed by atoms with Gasteiger partial charge < -0.3 is 15.4 Å². The molecule has 0 radical (unpaired) electrons. The summed E-state index contributed by atoms with van der Waals surface area (Å²) in [4.78, 5) is 8.33. The van der Waals surface area contributed by atoms with E-state index in [1.807, 2.05) is 12.1 Å². The zero-order valence-corrected chi connectivity index (χ0v) is 12.8. The minimum absolute atomic E-state index is 0.245. The van der Waals surface area contributed by atoms with Crippen LogP contribution < -0.4 is 15.4 Å². The standard InChI is InChI=1S/C17H22N4O/c1-13(21-17-19-9-4-10-20-17)11-18-12-15-8-7-14-5-2-3-6-16(14)22-15/h2-6,9-10,13,15,18H,7-8,11-12H2,1H3,(H,19,20,21). The quantitative estimate of drug-likeness (QED) is 0.856. The summed E-state index contributed by atoms with van der Waals surface area (Å²) in [5.41, 5.74) is 1.31. The summed E-state index contributed by atoms with van der Waals surface area (Å²) in [7, 11) is 0. The molecule has 3 rings (SSSR count). The molecule has 0 saturated heterocycles. The minimum Gasteiger partial charge on any atom is -0.489 e. The molecular formula is C17H22N4O. The van der Waals surface area contributed by atoms with Gasteiger partial charge in [-0.1, -0.05) is 18.2 Å². The largest absolute Gasteiger partial charge is 0.489 e. The van der Waals surface area contributed by atoms with Gasteiger partial charge in [0.25, 0.3) is 0 Å². The minimum atomic E-state index is 0.245. The zero-order chi connectivity index (χ0) is 15.2.